The predicted molar refractivity (Wildman–Crippen MR) is 96.4 cm³/mol. The van der Waals surface area contributed by atoms with Gasteiger partial charge >= 0.3 is 0 Å². The molecule has 0 atom stereocenters. The lowest BCUT2D eigenvalue weighted by molar-refractivity contribution is -0.124. The third-order valence-electron chi connectivity index (χ3n) is 3.14. The van der Waals surface area contributed by atoms with Gasteiger partial charge in [0.1, 0.15) is 0 Å². The second-order valence-electron chi connectivity index (χ2n) is 5.04. The van der Waals surface area contributed by atoms with Gasteiger partial charge in [-0.2, -0.15) is 0 Å². The molecule has 2 rings (SSSR count). The summed E-state index contributed by atoms with van der Waals surface area (Å²) >= 11 is 11.7. The number of carbonyl (C=O) groups excluding carboxylic acids is 3. The van der Waals surface area contributed by atoms with Gasteiger partial charge in [0.25, 0.3) is 5.91 Å². The lowest BCUT2D eigenvalue weighted by Gasteiger charge is -2.09. The number of hydrazine groups is 1. The number of hydrogen-bond donors (Lipinski definition) is 3. The smallest absolute Gasteiger partial charge is 0.269 e. The maximum absolute atomic E-state index is 11.8. The Bertz CT molecular complexity index is 782. The minimum absolute atomic E-state index is 0.0635. The van der Waals surface area contributed by atoms with E-state index in [1.807, 2.05) is 0 Å². The maximum atomic E-state index is 11.8. The molecular weight excluding hydrogens is 365 g/mol. The van der Waals surface area contributed by atoms with Gasteiger partial charge in [-0.3, -0.25) is 25.2 Å². The molecule has 2 aromatic carbocycles. The van der Waals surface area contributed by atoms with Gasteiger partial charge in [0.2, 0.25) is 11.8 Å². The molecule has 6 nitrogen and oxygen atoms in total. The minimum atomic E-state index is -0.485. The van der Waals surface area contributed by atoms with Crippen molar-refractivity contribution in [1.82, 2.24) is 10.9 Å². The quantitative estimate of drug-likeness (QED) is 0.697. The highest BCUT2D eigenvalue weighted by Crippen LogP contribution is 2.25. The first kappa shape index (κ1) is 18.8. The standard InChI is InChI=1S/C17H15Cl2N3O3/c18-12-6-7-14(13(19)10-12)20-15(23)8-9-16(24)21-22-17(25)11-4-2-1-3-5-11/h1-7,10H,8-9H2,(H,20,23)(H,21,24)(H,22,25). The van der Waals surface area contributed by atoms with Crippen LogP contribution in [0.3, 0.4) is 0 Å². The Morgan fingerprint density at radius 1 is 0.840 bits per heavy atom. The fraction of sp³-hybridized carbons (Fsp3) is 0.118. The lowest BCUT2D eigenvalue weighted by atomic mass is 10.2. The van der Waals surface area contributed by atoms with Crippen molar-refractivity contribution in [1.29, 1.82) is 0 Å². The third kappa shape index (κ3) is 6.10. The molecule has 0 heterocycles. The van der Waals surface area contributed by atoms with Gasteiger partial charge < -0.3 is 5.32 Å². The molecule has 0 saturated carbocycles. The fourth-order valence-corrected chi connectivity index (χ4v) is 2.34. The largest absolute Gasteiger partial charge is 0.325 e. The average Bonchev–Trinajstić information content (AvgIpc) is 2.61. The van der Waals surface area contributed by atoms with Crippen LogP contribution in [0.1, 0.15) is 23.2 Å². The number of rotatable bonds is 5. The molecule has 0 radical (unpaired) electrons. The van der Waals surface area contributed by atoms with Crippen molar-refractivity contribution in [2.45, 2.75) is 12.8 Å². The second-order valence-corrected chi connectivity index (χ2v) is 5.88. The molecule has 130 valence electrons. The van der Waals surface area contributed by atoms with E-state index >= 15 is 0 Å². The molecular formula is C17H15Cl2N3O3. The van der Waals surface area contributed by atoms with Crippen LogP contribution in [0.15, 0.2) is 48.5 Å². The summed E-state index contributed by atoms with van der Waals surface area (Å²) in [6, 6.07) is 13.1. The monoisotopic (exact) mass is 379 g/mol. The SMILES string of the molecule is O=C(CCC(=O)Nc1ccc(Cl)cc1Cl)NNC(=O)c1ccccc1. The van der Waals surface area contributed by atoms with Crippen LogP contribution in [0.4, 0.5) is 5.69 Å². The number of hydrogen-bond acceptors (Lipinski definition) is 3. The Balaban J connectivity index is 1.74. The number of nitrogens with one attached hydrogen (secondary N) is 3. The van der Waals surface area contributed by atoms with Gasteiger partial charge in [-0.1, -0.05) is 41.4 Å². The predicted octanol–water partition coefficient (Wildman–Crippen LogP) is 3.17. The number of halogens is 2. The number of amides is 3. The molecule has 8 heteroatoms. The number of anilines is 1. The van der Waals surface area contributed by atoms with Gasteiger partial charge in [0, 0.05) is 23.4 Å². The van der Waals surface area contributed by atoms with Crippen LogP contribution in [0.25, 0.3) is 0 Å². The van der Waals surface area contributed by atoms with Crippen LogP contribution >= 0.6 is 23.2 Å². The summed E-state index contributed by atoms with van der Waals surface area (Å²) in [6.45, 7) is 0. The van der Waals surface area contributed by atoms with Gasteiger partial charge in [-0.25, -0.2) is 0 Å². The highest BCUT2D eigenvalue weighted by atomic mass is 35.5. The molecule has 0 spiro atoms. The summed E-state index contributed by atoms with van der Waals surface area (Å²) in [5, 5.41) is 3.35. The normalized spacial score (nSPS) is 10.0. The van der Waals surface area contributed by atoms with E-state index in [9.17, 15) is 14.4 Å². The van der Waals surface area contributed by atoms with Gasteiger partial charge in [-0.15, -0.1) is 0 Å². The van der Waals surface area contributed by atoms with Gasteiger partial charge in [0.15, 0.2) is 0 Å². The van der Waals surface area contributed by atoms with E-state index in [0.29, 0.717) is 21.3 Å². The van der Waals surface area contributed by atoms with Crippen LogP contribution in [-0.4, -0.2) is 17.7 Å². The van der Waals surface area contributed by atoms with Crippen molar-refractivity contribution in [2.75, 3.05) is 5.32 Å². The van der Waals surface area contributed by atoms with Crippen molar-refractivity contribution in [3.8, 4) is 0 Å². The molecule has 0 fully saturated rings. The zero-order valence-electron chi connectivity index (χ0n) is 13.0. The first-order valence-corrected chi connectivity index (χ1v) is 8.10. The van der Waals surface area contributed by atoms with E-state index in [2.05, 4.69) is 16.2 Å². The molecule has 0 bridgehead atoms. The summed E-state index contributed by atoms with van der Waals surface area (Å²) in [6.07, 6.45) is -0.155. The molecule has 0 saturated heterocycles. The summed E-state index contributed by atoms with van der Waals surface area (Å²) in [5.41, 5.74) is 5.36. The highest BCUT2D eigenvalue weighted by Gasteiger charge is 2.11. The first-order valence-electron chi connectivity index (χ1n) is 7.35. The number of carbonyl (C=O) groups is 3. The van der Waals surface area contributed by atoms with Crippen LogP contribution in [-0.2, 0) is 9.59 Å². The molecule has 3 amide bonds. The second kappa shape index (κ2) is 9.05. The van der Waals surface area contributed by atoms with Crippen molar-refractivity contribution >= 4 is 46.6 Å². The zero-order chi connectivity index (χ0) is 18.2. The Morgan fingerprint density at radius 3 is 2.20 bits per heavy atom. The topological polar surface area (TPSA) is 87.3 Å². The summed E-state index contributed by atoms with van der Waals surface area (Å²) in [5.74, 6) is -1.30. The molecule has 25 heavy (non-hydrogen) atoms. The molecule has 2 aromatic rings. The molecule has 0 unspecified atom stereocenters. The molecule has 0 aromatic heterocycles. The Morgan fingerprint density at radius 2 is 1.52 bits per heavy atom. The van der Waals surface area contributed by atoms with E-state index in [0.717, 1.165) is 0 Å². The van der Waals surface area contributed by atoms with Crippen LogP contribution < -0.4 is 16.2 Å². The van der Waals surface area contributed by atoms with Crippen molar-refractivity contribution in [3.63, 3.8) is 0 Å². The number of benzene rings is 2. The van der Waals surface area contributed by atoms with Crippen LogP contribution in [0.2, 0.25) is 10.0 Å². The van der Waals surface area contributed by atoms with Gasteiger partial charge in [0.05, 0.1) is 10.7 Å². The fourth-order valence-electron chi connectivity index (χ4n) is 1.88. The highest BCUT2D eigenvalue weighted by molar-refractivity contribution is 6.36. The van der Waals surface area contributed by atoms with Crippen molar-refractivity contribution in [2.24, 2.45) is 0 Å². The molecule has 0 aliphatic heterocycles. The Hall–Kier alpha value is -2.57. The molecule has 3 N–H and O–H groups in total. The zero-order valence-corrected chi connectivity index (χ0v) is 14.5. The van der Waals surface area contributed by atoms with E-state index in [4.69, 9.17) is 23.2 Å². The van der Waals surface area contributed by atoms with E-state index in [1.54, 1.807) is 42.5 Å². The molecule has 0 aliphatic rings. The minimum Gasteiger partial charge on any atom is -0.325 e. The summed E-state index contributed by atoms with van der Waals surface area (Å²) in [4.78, 5) is 35.3. The van der Waals surface area contributed by atoms with Gasteiger partial charge in [-0.05, 0) is 30.3 Å². The van der Waals surface area contributed by atoms with E-state index < -0.39 is 11.8 Å². The summed E-state index contributed by atoms with van der Waals surface area (Å²) in [7, 11) is 0. The average molecular weight is 380 g/mol. The van der Waals surface area contributed by atoms with Crippen molar-refractivity contribution < 1.29 is 14.4 Å². The van der Waals surface area contributed by atoms with E-state index in [1.165, 1.54) is 6.07 Å². The summed E-state index contributed by atoms with van der Waals surface area (Å²) < 4.78 is 0. The van der Waals surface area contributed by atoms with Crippen LogP contribution in [0, 0.1) is 0 Å². The third-order valence-corrected chi connectivity index (χ3v) is 3.68. The van der Waals surface area contributed by atoms with Crippen LogP contribution in [0.5, 0.6) is 0 Å². The Labute approximate surface area is 154 Å². The van der Waals surface area contributed by atoms with E-state index in [-0.39, 0.29) is 18.7 Å². The lowest BCUT2D eigenvalue weighted by Crippen LogP contribution is -2.41. The maximum Gasteiger partial charge on any atom is 0.269 e. The van der Waals surface area contributed by atoms with Crippen molar-refractivity contribution in [3.05, 3.63) is 64.1 Å². The Kier molecular flexibility index (Phi) is 6.80. The first-order chi connectivity index (χ1) is 12.0. The molecule has 0 aliphatic carbocycles.